The summed E-state index contributed by atoms with van der Waals surface area (Å²) in [6, 6.07) is 9.28. The van der Waals surface area contributed by atoms with Gasteiger partial charge < -0.3 is 19.9 Å². The van der Waals surface area contributed by atoms with Crippen molar-refractivity contribution in [1.29, 1.82) is 0 Å². The number of hydrogen-bond acceptors (Lipinski definition) is 5. The zero-order chi connectivity index (χ0) is 17.1. The molecule has 1 aromatic heterocycles. The Bertz CT molecular complexity index is 770. The lowest BCUT2D eigenvalue weighted by Gasteiger charge is -2.18. The number of ether oxygens (including phenoxy) is 2. The van der Waals surface area contributed by atoms with Crippen LogP contribution in [-0.2, 0) is 4.79 Å². The van der Waals surface area contributed by atoms with Crippen LogP contribution in [0.4, 0.5) is 0 Å². The molecular formula is C17H17NO5S. The molecule has 0 spiro atoms. The highest BCUT2D eigenvalue weighted by atomic mass is 32.1. The van der Waals surface area contributed by atoms with E-state index >= 15 is 0 Å². The monoisotopic (exact) mass is 347 g/mol. The number of carbonyl (C=O) groups is 2. The van der Waals surface area contributed by atoms with Crippen molar-refractivity contribution in [2.75, 3.05) is 19.8 Å². The number of carboxylic acids is 1. The van der Waals surface area contributed by atoms with Crippen LogP contribution < -0.4 is 14.8 Å². The second-order valence-corrected chi connectivity index (χ2v) is 6.56. The third kappa shape index (κ3) is 3.51. The zero-order valence-corrected chi connectivity index (χ0v) is 13.9. The predicted molar refractivity (Wildman–Crippen MR) is 89.9 cm³/mol. The highest BCUT2D eigenvalue weighted by Crippen LogP contribution is 2.36. The molecule has 2 N–H and O–H groups in total. The molecule has 3 rings (SSSR count). The van der Waals surface area contributed by atoms with E-state index in [0.29, 0.717) is 23.8 Å². The Hall–Kier alpha value is -2.54. The van der Waals surface area contributed by atoms with Gasteiger partial charge in [-0.1, -0.05) is 6.92 Å². The molecule has 0 aliphatic carbocycles. The number of rotatable bonds is 5. The zero-order valence-electron chi connectivity index (χ0n) is 13.1. The third-order valence-corrected chi connectivity index (χ3v) is 4.78. The quantitative estimate of drug-likeness (QED) is 0.868. The van der Waals surface area contributed by atoms with Gasteiger partial charge in [0.25, 0.3) is 5.91 Å². The summed E-state index contributed by atoms with van der Waals surface area (Å²) in [6.07, 6.45) is 0. The fourth-order valence-corrected chi connectivity index (χ4v) is 3.15. The van der Waals surface area contributed by atoms with Crippen LogP contribution in [0.2, 0.25) is 0 Å². The standard InChI is InChI=1S/C17H17NO5S/c1-10(17(20)21)9-18-16(19)15-5-4-14(24-15)11-2-3-12-13(8-11)23-7-6-22-12/h2-5,8,10H,6-7,9H2,1H3,(H,18,19)(H,20,21). The first-order valence-electron chi connectivity index (χ1n) is 7.55. The minimum Gasteiger partial charge on any atom is -0.486 e. The van der Waals surface area contributed by atoms with Gasteiger partial charge in [-0.25, -0.2) is 0 Å². The third-order valence-electron chi connectivity index (χ3n) is 3.65. The second-order valence-electron chi connectivity index (χ2n) is 5.47. The lowest BCUT2D eigenvalue weighted by atomic mass is 10.1. The van der Waals surface area contributed by atoms with Gasteiger partial charge in [0.05, 0.1) is 10.8 Å². The van der Waals surface area contributed by atoms with E-state index in [1.807, 2.05) is 24.3 Å². The van der Waals surface area contributed by atoms with E-state index in [-0.39, 0.29) is 12.5 Å². The van der Waals surface area contributed by atoms with E-state index in [1.165, 1.54) is 11.3 Å². The van der Waals surface area contributed by atoms with Gasteiger partial charge in [-0.05, 0) is 35.9 Å². The minimum atomic E-state index is -0.932. The number of thiophene rings is 1. The number of nitrogens with one attached hydrogen (secondary N) is 1. The number of amides is 1. The molecule has 6 nitrogen and oxygen atoms in total. The average molecular weight is 347 g/mol. The van der Waals surface area contributed by atoms with E-state index in [0.717, 1.165) is 16.2 Å². The van der Waals surface area contributed by atoms with E-state index in [2.05, 4.69) is 5.32 Å². The Morgan fingerprint density at radius 3 is 2.71 bits per heavy atom. The Labute approximate surface area is 143 Å². The maximum atomic E-state index is 12.1. The summed E-state index contributed by atoms with van der Waals surface area (Å²) in [5.41, 5.74) is 0.946. The first kappa shape index (κ1) is 16.3. The van der Waals surface area contributed by atoms with Crippen molar-refractivity contribution in [2.45, 2.75) is 6.92 Å². The number of aliphatic carboxylic acids is 1. The lowest BCUT2D eigenvalue weighted by molar-refractivity contribution is -0.140. The van der Waals surface area contributed by atoms with E-state index in [4.69, 9.17) is 14.6 Å². The van der Waals surface area contributed by atoms with Gasteiger partial charge in [-0.15, -0.1) is 11.3 Å². The van der Waals surface area contributed by atoms with Gasteiger partial charge in [0, 0.05) is 11.4 Å². The molecular weight excluding hydrogens is 330 g/mol. The Kier molecular flexibility index (Phi) is 4.71. The van der Waals surface area contributed by atoms with Crippen molar-refractivity contribution in [2.24, 2.45) is 5.92 Å². The summed E-state index contributed by atoms with van der Waals surface area (Å²) in [5.74, 6) is -0.392. The maximum Gasteiger partial charge on any atom is 0.308 e. The van der Waals surface area contributed by atoms with Gasteiger partial charge in [0.1, 0.15) is 13.2 Å². The molecule has 126 valence electrons. The molecule has 2 aromatic rings. The van der Waals surface area contributed by atoms with Crippen LogP contribution in [0.25, 0.3) is 10.4 Å². The number of fused-ring (bicyclic) bond motifs is 1. The van der Waals surface area contributed by atoms with Crippen molar-refractivity contribution in [3.63, 3.8) is 0 Å². The van der Waals surface area contributed by atoms with Crippen molar-refractivity contribution in [1.82, 2.24) is 5.32 Å². The smallest absolute Gasteiger partial charge is 0.308 e. The first-order valence-corrected chi connectivity index (χ1v) is 8.37. The van der Waals surface area contributed by atoms with Crippen LogP contribution in [0.1, 0.15) is 16.6 Å². The molecule has 1 aromatic carbocycles. The summed E-state index contributed by atoms with van der Waals surface area (Å²) in [6.45, 7) is 2.73. The van der Waals surface area contributed by atoms with Gasteiger partial charge in [0.15, 0.2) is 11.5 Å². The number of benzene rings is 1. The highest BCUT2D eigenvalue weighted by Gasteiger charge is 2.16. The fourth-order valence-electron chi connectivity index (χ4n) is 2.23. The molecule has 1 amide bonds. The highest BCUT2D eigenvalue weighted by molar-refractivity contribution is 7.17. The molecule has 24 heavy (non-hydrogen) atoms. The van der Waals surface area contributed by atoms with Gasteiger partial charge >= 0.3 is 5.97 Å². The molecule has 0 saturated carbocycles. The number of hydrogen-bond donors (Lipinski definition) is 2. The van der Waals surface area contributed by atoms with Gasteiger partial charge in [0.2, 0.25) is 0 Å². The Balaban J connectivity index is 1.71. The molecule has 1 unspecified atom stereocenters. The van der Waals surface area contributed by atoms with Crippen LogP contribution in [0, 0.1) is 5.92 Å². The maximum absolute atomic E-state index is 12.1. The van der Waals surface area contributed by atoms with Crippen LogP contribution in [0.3, 0.4) is 0 Å². The summed E-state index contributed by atoms with van der Waals surface area (Å²) >= 11 is 1.35. The van der Waals surface area contributed by atoms with Crippen LogP contribution in [0.15, 0.2) is 30.3 Å². The largest absolute Gasteiger partial charge is 0.486 e. The molecule has 0 fully saturated rings. The Morgan fingerprint density at radius 1 is 1.21 bits per heavy atom. The normalized spacial score (nSPS) is 14.0. The molecule has 1 aliphatic heterocycles. The molecule has 0 saturated heterocycles. The van der Waals surface area contributed by atoms with Crippen LogP contribution >= 0.6 is 11.3 Å². The topological polar surface area (TPSA) is 84.9 Å². The molecule has 2 heterocycles. The SMILES string of the molecule is CC(CNC(=O)c1ccc(-c2ccc3c(c2)OCCO3)s1)C(=O)O. The van der Waals surface area contributed by atoms with Crippen LogP contribution in [0.5, 0.6) is 11.5 Å². The second kappa shape index (κ2) is 6.92. The predicted octanol–water partition coefficient (Wildman–Crippen LogP) is 2.64. The molecule has 0 bridgehead atoms. The van der Waals surface area contributed by atoms with Crippen molar-refractivity contribution >= 4 is 23.2 Å². The van der Waals surface area contributed by atoms with Crippen molar-refractivity contribution in [3.8, 4) is 21.9 Å². The fraction of sp³-hybridized carbons (Fsp3) is 0.294. The molecule has 0 radical (unpaired) electrons. The number of carbonyl (C=O) groups excluding carboxylic acids is 1. The first-order chi connectivity index (χ1) is 11.5. The van der Waals surface area contributed by atoms with E-state index < -0.39 is 11.9 Å². The van der Waals surface area contributed by atoms with Crippen molar-refractivity contribution in [3.05, 3.63) is 35.2 Å². The van der Waals surface area contributed by atoms with Gasteiger partial charge in [-0.2, -0.15) is 0 Å². The molecule has 1 atom stereocenters. The molecule has 7 heteroatoms. The summed E-state index contributed by atoms with van der Waals surface area (Å²) < 4.78 is 11.1. The lowest BCUT2D eigenvalue weighted by Crippen LogP contribution is -2.30. The Morgan fingerprint density at radius 2 is 1.96 bits per heavy atom. The van der Waals surface area contributed by atoms with Crippen LogP contribution in [-0.4, -0.2) is 36.7 Å². The summed E-state index contributed by atoms with van der Waals surface area (Å²) in [4.78, 5) is 24.4. The average Bonchev–Trinajstić information content (AvgIpc) is 3.09. The minimum absolute atomic E-state index is 0.103. The van der Waals surface area contributed by atoms with Crippen molar-refractivity contribution < 1.29 is 24.2 Å². The molecule has 1 aliphatic rings. The van der Waals surface area contributed by atoms with Gasteiger partial charge in [-0.3, -0.25) is 9.59 Å². The number of carboxylic acid groups (broad SMARTS) is 1. The van der Waals surface area contributed by atoms with E-state index in [1.54, 1.807) is 13.0 Å². The summed E-state index contributed by atoms with van der Waals surface area (Å²) in [7, 11) is 0. The van der Waals surface area contributed by atoms with E-state index in [9.17, 15) is 9.59 Å². The summed E-state index contributed by atoms with van der Waals surface area (Å²) in [5, 5.41) is 11.5.